The smallest absolute Gasteiger partial charge is 0.205 e. The Labute approximate surface area is 126 Å². The topological polar surface area (TPSA) is 35.0 Å². The Kier molecular flexibility index (Phi) is 5.78. The predicted octanol–water partition coefficient (Wildman–Crippen LogP) is 3.62. The van der Waals surface area contributed by atoms with Crippen molar-refractivity contribution in [2.45, 2.75) is 33.1 Å². The zero-order chi connectivity index (χ0) is 14.9. The van der Waals surface area contributed by atoms with Crippen molar-refractivity contribution in [3.05, 3.63) is 53.6 Å². The molecule has 0 saturated heterocycles. The van der Waals surface area contributed by atoms with E-state index in [2.05, 4.69) is 35.7 Å². The Morgan fingerprint density at radius 2 is 1.67 bits per heavy atom. The number of nitrogens with zero attached hydrogens (tertiary/aromatic N) is 2. The minimum absolute atomic E-state index is 0.557. The maximum absolute atomic E-state index is 5.54. The second-order valence-electron chi connectivity index (χ2n) is 4.79. The van der Waals surface area contributed by atoms with Crippen LogP contribution < -0.4 is 4.74 Å². The highest BCUT2D eigenvalue weighted by molar-refractivity contribution is 5.40. The Hall–Kier alpha value is -2.34. The molecule has 0 saturated carbocycles. The molecule has 2 rings (SSSR count). The molecular formula is C18H20N2O. The third-order valence-corrected chi connectivity index (χ3v) is 2.89. The first-order chi connectivity index (χ1) is 10.3. The van der Waals surface area contributed by atoms with Gasteiger partial charge in [-0.3, -0.25) is 0 Å². The number of benzene rings is 1. The first-order valence-electron chi connectivity index (χ1n) is 7.37. The van der Waals surface area contributed by atoms with E-state index in [0.29, 0.717) is 5.82 Å². The third-order valence-electron chi connectivity index (χ3n) is 2.89. The molecule has 0 fully saturated rings. The molecule has 3 nitrogen and oxygen atoms in total. The summed E-state index contributed by atoms with van der Waals surface area (Å²) in [6.07, 6.45) is 6.81. The van der Waals surface area contributed by atoms with Crippen LogP contribution in [0.15, 0.2) is 36.7 Å². The summed E-state index contributed by atoms with van der Waals surface area (Å²) in [5.74, 6) is 7.48. The van der Waals surface area contributed by atoms with E-state index in [-0.39, 0.29) is 0 Å². The van der Waals surface area contributed by atoms with Gasteiger partial charge in [0.25, 0.3) is 0 Å². The van der Waals surface area contributed by atoms with Crippen molar-refractivity contribution in [1.29, 1.82) is 0 Å². The summed E-state index contributed by atoms with van der Waals surface area (Å²) in [4.78, 5) is 8.52. The second kappa shape index (κ2) is 8.06. The van der Waals surface area contributed by atoms with E-state index in [0.717, 1.165) is 42.7 Å². The molecule has 1 heterocycles. The molecular weight excluding hydrogens is 260 g/mol. The fourth-order valence-electron chi connectivity index (χ4n) is 1.82. The Morgan fingerprint density at radius 3 is 2.29 bits per heavy atom. The van der Waals surface area contributed by atoms with E-state index in [4.69, 9.17) is 4.74 Å². The number of rotatable bonds is 5. The maximum atomic E-state index is 5.54. The van der Waals surface area contributed by atoms with Crippen molar-refractivity contribution in [3.63, 3.8) is 0 Å². The molecule has 0 radical (unpaired) electrons. The summed E-state index contributed by atoms with van der Waals surface area (Å²) in [5, 5.41) is 0. The van der Waals surface area contributed by atoms with Gasteiger partial charge in [-0.1, -0.05) is 26.2 Å². The lowest BCUT2D eigenvalue weighted by molar-refractivity contribution is 0.317. The fraction of sp³-hybridized carbons (Fsp3) is 0.333. The molecule has 21 heavy (non-hydrogen) atoms. The molecule has 0 aliphatic carbocycles. The van der Waals surface area contributed by atoms with Crippen LogP contribution >= 0.6 is 0 Å². The summed E-state index contributed by atoms with van der Waals surface area (Å²) < 4.78 is 5.54. The van der Waals surface area contributed by atoms with Crippen LogP contribution in [0.2, 0.25) is 0 Å². The van der Waals surface area contributed by atoms with Gasteiger partial charge in [0.2, 0.25) is 5.82 Å². The van der Waals surface area contributed by atoms with Gasteiger partial charge in [0, 0.05) is 18.0 Å². The van der Waals surface area contributed by atoms with E-state index in [1.165, 1.54) is 0 Å². The highest BCUT2D eigenvalue weighted by Crippen LogP contribution is 2.11. The van der Waals surface area contributed by atoms with Gasteiger partial charge in [-0.05, 0) is 48.6 Å². The van der Waals surface area contributed by atoms with Gasteiger partial charge in [-0.15, -0.1) is 0 Å². The Bertz CT molecular complexity index is 606. The van der Waals surface area contributed by atoms with Crippen LogP contribution in [0, 0.1) is 11.8 Å². The van der Waals surface area contributed by atoms with Crippen LogP contribution in [-0.2, 0) is 6.42 Å². The molecule has 0 aliphatic rings. The van der Waals surface area contributed by atoms with E-state index in [1.807, 2.05) is 36.7 Å². The minimum atomic E-state index is 0.557. The van der Waals surface area contributed by atoms with Crippen molar-refractivity contribution < 1.29 is 4.74 Å². The fourth-order valence-corrected chi connectivity index (χ4v) is 1.82. The molecule has 1 aromatic carbocycles. The summed E-state index contributed by atoms with van der Waals surface area (Å²) >= 11 is 0. The SMILES string of the molecule is CCCOc1ccc(C#Cc2ncc(CCC)cn2)cc1. The summed E-state index contributed by atoms with van der Waals surface area (Å²) in [5.41, 5.74) is 2.08. The van der Waals surface area contributed by atoms with Crippen LogP contribution in [-0.4, -0.2) is 16.6 Å². The van der Waals surface area contributed by atoms with Gasteiger partial charge >= 0.3 is 0 Å². The summed E-state index contributed by atoms with van der Waals surface area (Å²) in [6, 6.07) is 7.77. The van der Waals surface area contributed by atoms with Crippen molar-refractivity contribution in [3.8, 4) is 17.6 Å². The normalized spacial score (nSPS) is 9.81. The van der Waals surface area contributed by atoms with Crippen molar-refractivity contribution >= 4 is 0 Å². The third kappa shape index (κ3) is 4.92. The molecule has 3 heteroatoms. The Balaban J connectivity index is 2.01. The van der Waals surface area contributed by atoms with Crippen molar-refractivity contribution in [1.82, 2.24) is 9.97 Å². The monoisotopic (exact) mass is 280 g/mol. The minimum Gasteiger partial charge on any atom is -0.494 e. The lowest BCUT2D eigenvalue weighted by Gasteiger charge is -2.03. The van der Waals surface area contributed by atoms with Crippen LogP contribution in [0.5, 0.6) is 5.75 Å². The lowest BCUT2D eigenvalue weighted by atomic mass is 10.2. The number of aromatic nitrogens is 2. The van der Waals surface area contributed by atoms with Gasteiger partial charge in [0.1, 0.15) is 5.75 Å². The molecule has 0 atom stereocenters. The van der Waals surface area contributed by atoms with E-state index in [9.17, 15) is 0 Å². The standard InChI is InChI=1S/C18H20N2O/c1-3-5-16-13-19-18(20-14-16)11-8-15-6-9-17(10-7-15)21-12-4-2/h6-7,9-10,13-14H,3-5,12H2,1-2H3. The van der Waals surface area contributed by atoms with Gasteiger partial charge in [-0.25, -0.2) is 9.97 Å². The molecule has 0 amide bonds. The van der Waals surface area contributed by atoms with Crippen molar-refractivity contribution in [2.75, 3.05) is 6.61 Å². The van der Waals surface area contributed by atoms with E-state index < -0.39 is 0 Å². The highest BCUT2D eigenvalue weighted by Gasteiger charge is 1.95. The zero-order valence-corrected chi connectivity index (χ0v) is 12.6. The number of aryl methyl sites for hydroxylation is 1. The molecule has 0 unspecified atom stereocenters. The molecule has 0 spiro atoms. The van der Waals surface area contributed by atoms with Crippen LogP contribution in [0.1, 0.15) is 43.6 Å². The van der Waals surface area contributed by atoms with Crippen molar-refractivity contribution in [2.24, 2.45) is 0 Å². The predicted molar refractivity (Wildman–Crippen MR) is 84.2 cm³/mol. The number of hydrogen-bond acceptors (Lipinski definition) is 3. The average molecular weight is 280 g/mol. The average Bonchev–Trinajstić information content (AvgIpc) is 2.53. The summed E-state index contributed by atoms with van der Waals surface area (Å²) in [7, 11) is 0. The molecule has 2 aromatic rings. The van der Waals surface area contributed by atoms with Crippen LogP contribution in [0.3, 0.4) is 0 Å². The molecule has 108 valence electrons. The van der Waals surface area contributed by atoms with E-state index >= 15 is 0 Å². The number of hydrogen-bond donors (Lipinski definition) is 0. The molecule has 0 aliphatic heterocycles. The number of ether oxygens (including phenoxy) is 1. The quantitative estimate of drug-likeness (QED) is 0.785. The second-order valence-corrected chi connectivity index (χ2v) is 4.79. The lowest BCUT2D eigenvalue weighted by Crippen LogP contribution is -1.94. The van der Waals surface area contributed by atoms with Crippen LogP contribution in [0.25, 0.3) is 0 Å². The first kappa shape index (κ1) is 15.1. The van der Waals surface area contributed by atoms with Gasteiger partial charge in [-0.2, -0.15) is 0 Å². The molecule has 0 N–H and O–H groups in total. The maximum Gasteiger partial charge on any atom is 0.205 e. The van der Waals surface area contributed by atoms with Gasteiger partial charge in [0.15, 0.2) is 0 Å². The molecule has 0 bridgehead atoms. The van der Waals surface area contributed by atoms with Gasteiger partial charge < -0.3 is 4.74 Å². The van der Waals surface area contributed by atoms with Gasteiger partial charge in [0.05, 0.1) is 6.61 Å². The van der Waals surface area contributed by atoms with Crippen LogP contribution in [0.4, 0.5) is 0 Å². The van der Waals surface area contributed by atoms with E-state index in [1.54, 1.807) is 0 Å². The zero-order valence-electron chi connectivity index (χ0n) is 12.6. The molecule has 1 aromatic heterocycles. The largest absolute Gasteiger partial charge is 0.494 e. The Morgan fingerprint density at radius 1 is 0.952 bits per heavy atom. The highest BCUT2D eigenvalue weighted by atomic mass is 16.5. The first-order valence-corrected chi connectivity index (χ1v) is 7.37. The summed E-state index contributed by atoms with van der Waals surface area (Å²) in [6.45, 7) is 4.97.